The Kier molecular flexibility index (Phi) is 7.19. The van der Waals surface area contributed by atoms with Crippen LogP contribution in [0.25, 0.3) is 0 Å². The van der Waals surface area contributed by atoms with Gasteiger partial charge in [-0.1, -0.05) is 67.0 Å². The SMILES string of the molecule is CC(C)(C)CNC(=O)CN(Cc1ccc(Br)cc1)S(=O)(=O)c1ccccc1. The van der Waals surface area contributed by atoms with Gasteiger partial charge < -0.3 is 5.32 Å². The molecular formula is C20H25BrN2O3S. The van der Waals surface area contributed by atoms with Gasteiger partial charge in [0.1, 0.15) is 0 Å². The fraction of sp³-hybridized carbons (Fsp3) is 0.350. The molecule has 146 valence electrons. The molecule has 0 radical (unpaired) electrons. The summed E-state index contributed by atoms with van der Waals surface area (Å²) in [5.41, 5.74) is 0.728. The van der Waals surface area contributed by atoms with Crippen LogP contribution in [0.2, 0.25) is 0 Å². The lowest BCUT2D eigenvalue weighted by molar-refractivity contribution is -0.121. The number of nitrogens with one attached hydrogen (secondary N) is 1. The molecule has 0 aliphatic heterocycles. The van der Waals surface area contributed by atoms with Crippen LogP contribution in [0.1, 0.15) is 26.3 Å². The molecule has 0 saturated heterocycles. The first-order chi connectivity index (χ1) is 12.6. The number of carbonyl (C=O) groups is 1. The molecule has 0 unspecified atom stereocenters. The summed E-state index contributed by atoms with van der Waals surface area (Å²) in [7, 11) is -3.80. The van der Waals surface area contributed by atoms with E-state index in [0.717, 1.165) is 10.0 Å². The van der Waals surface area contributed by atoms with Crippen molar-refractivity contribution >= 4 is 31.9 Å². The maximum absolute atomic E-state index is 13.1. The molecule has 0 aliphatic rings. The molecule has 5 nitrogen and oxygen atoms in total. The number of rotatable bonds is 7. The summed E-state index contributed by atoms with van der Waals surface area (Å²) < 4.78 is 28.3. The number of hydrogen-bond donors (Lipinski definition) is 1. The minimum atomic E-state index is -3.80. The van der Waals surface area contributed by atoms with Crippen LogP contribution in [-0.2, 0) is 21.4 Å². The lowest BCUT2D eigenvalue weighted by Gasteiger charge is -2.24. The number of hydrogen-bond acceptors (Lipinski definition) is 3. The van der Waals surface area contributed by atoms with Gasteiger partial charge in [-0.15, -0.1) is 0 Å². The summed E-state index contributed by atoms with van der Waals surface area (Å²) in [6.07, 6.45) is 0. The Morgan fingerprint density at radius 3 is 2.19 bits per heavy atom. The van der Waals surface area contributed by atoms with Crippen molar-refractivity contribution in [3.63, 3.8) is 0 Å². The van der Waals surface area contributed by atoms with Gasteiger partial charge in [-0.05, 0) is 35.2 Å². The zero-order valence-corrected chi connectivity index (χ0v) is 18.2. The minimum Gasteiger partial charge on any atom is -0.354 e. The number of sulfonamides is 1. The van der Waals surface area contributed by atoms with Crippen molar-refractivity contribution in [1.82, 2.24) is 9.62 Å². The number of carbonyl (C=O) groups excluding carboxylic acids is 1. The van der Waals surface area contributed by atoms with Gasteiger partial charge in [-0.3, -0.25) is 4.79 Å². The predicted octanol–water partition coefficient (Wildman–Crippen LogP) is 3.80. The molecule has 0 aliphatic carbocycles. The summed E-state index contributed by atoms with van der Waals surface area (Å²) in [6.45, 7) is 6.38. The molecule has 1 amide bonds. The van der Waals surface area contributed by atoms with Gasteiger partial charge in [-0.2, -0.15) is 4.31 Å². The highest BCUT2D eigenvalue weighted by Gasteiger charge is 2.27. The molecule has 0 saturated carbocycles. The van der Waals surface area contributed by atoms with Crippen molar-refractivity contribution in [1.29, 1.82) is 0 Å². The molecule has 7 heteroatoms. The Bertz CT molecular complexity index is 860. The predicted molar refractivity (Wildman–Crippen MR) is 111 cm³/mol. The summed E-state index contributed by atoms with van der Waals surface area (Å²) in [6, 6.07) is 15.6. The monoisotopic (exact) mass is 452 g/mol. The zero-order chi connectivity index (χ0) is 20.1. The van der Waals surface area contributed by atoms with Gasteiger partial charge in [0.15, 0.2) is 0 Å². The van der Waals surface area contributed by atoms with Crippen molar-refractivity contribution in [2.24, 2.45) is 5.41 Å². The van der Waals surface area contributed by atoms with E-state index in [4.69, 9.17) is 0 Å². The second-order valence-electron chi connectivity index (χ2n) is 7.55. The molecule has 2 rings (SSSR count). The number of benzene rings is 2. The van der Waals surface area contributed by atoms with Gasteiger partial charge in [0.25, 0.3) is 0 Å². The Morgan fingerprint density at radius 1 is 1.04 bits per heavy atom. The second kappa shape index (κ2) is 8.99. The molecular weight excluding hydrogens is 428 g/mol. The number of halogens is 1. The van der Waals surface area contributed by atoms with Crippen LogP contribution in [0.3, 0.4) is 0 Å². The summed E-state index contributed by atoms with van der Waals surface area (Å²) in [5.74, 6) is -0.318. The second-order valence-corrected chi connectivity index (χ2v) is 10.4. The molecule has 27 heavy (non-hydrogen) atoms. The van der Waals surface area contributed by atoms with Crippen LogP contribution < -0.4 is 5.32 Å². The first kappa shape index (κ1) is 21.6. The molecule has 0 atom stereocenters. The van der Waals surface area contributed by atoms with Crippen LogP contribution in [0, 0.1) is 5.41 Å². The van der Waals surface area contributed by atoms with Crippen LogP contribution in [0.4, 0.5) is 0 Å². The summed E-state index contributed by atoms with van der Waals surface area (Å²) >= 11 is 3.37. The Balaban J connectivity index is 2.25. The highest BCUT2D eigenvalue weighted by molar-refractivity contribution is 9.10. The summed E-state index contributed by atoms with van der Waals surface area (Å²) in [4.78, 5) is 12.6. The molecule has 0 heterocycles. The Labute approximate surface area is 170 Å². The first-order valence-electron chi connectivity index (χ1n) is 8.64. The van der Waals surface area contributed by atoms with E-state index in [9.17, 15) is 13.2 Å². The lowest BCUT2D eigenvalue weighted by Crippen LogP contribution is -2.42. The molecule has 0 aromatic heterocycles. The number of nitrogens with zero attached hydrogens (tertiary/aromatic N) is 1. The normalized spacial score (nSPS) is 12.2. The molecule has 2 aromatic carbocycles. The van der Waals surface area contributed by atoms with Crippen LogP contribution in [0.15, 0.2) is 64.0 Å². The Morgan fingerprint density at radius 2 is 1.63 bits per heavy atom. The molecule has 0 spiro atoms. The highest BCUT2D eigenvalue weighted by atomic mass is 79.9. The van der Waals surface area contributed by atoms with Crippen molar-refractivity contribution in [2.75, 3.05) is 13.1 Å². The fourth-order valence-corrected chi connectivity index (χ4v) is 4.01. The van der Waals surface area contributed by atoms with E-state index in [0.29, 0.717) is 6.54 Å². The fourth-order valence-electron chi connectivity index (χ4n) is 2.34. The molecule has 0 fully saturated rings. The third-order valence-electron chi connectivity index (χ3n) is 3.79. The third kappa shape index (κ3) is 6.75. The highest BCUT2D eigenvalue weighted by Crippen LogP contribution is 2.19. The van der Waals surface area contributed by atoms with E-state index in [1.807, 2.05) is 45.0 Å². The lowest BCUT2D eigenvalue weighted by atomic mass is 9.97. The van der Waals surface area contributed by atoms with E-state index in [1.165, 1.54) is 16.4 Å². The standard InChI is InChI=1S/C20H25BrN2O3S/c1-20(2,3)15-22-19(24)14-23(13-16-9-11-17(21)12-10-16)27(25,26)18-7-5-4-6-8-18/h4-12H,13-15H2,1-3H3,(H,22,24). The molecule has 0 bridgehead atoms. The number of amides is 1. The van der Waals surface area contributed by atoms with Crippen molar-refractivity contribution in [3.05, 3.63) is 64.6 Å². The van der Waals surface area contributed by atoms with E-state index < -0.39 is 10.0 Å². The average molecular weight is 453 g/mol. The minimum absolute atomic E-state index is 0.0789. The average Bonchev–Trinajstić information content (AvgIpc) is 2.61. The van der Waals surface area contributed by atoms with Gasteiger partial charge >= 0.3 is 0 Å². The first-order valence-corrected chi connectivity index (χ1v) is 10.9. The van der Waals surface area contributed by atoms with Gasteiger partial charge in [0.2, 0.25) is 15.9 Å². The van der Waals surface area contributed by atoms with Crippen molar-refractivity contribution < 1.29 is 13.2 Å². The molecule has 2 aromatic rings. The zero-order valence-electron chi connectivity index (χ0n) is 15.8. The summed E-state index contributed by atoms with van der Waals surface area (Å²) in [5, 5.41) is 2.82. The van der Waals surface area contributed by atoms with E-state index in [2.05, 4.69) is 21.2 Å². The maximum Gasteiger partial charge on any atom is 0.243 e. The Hall–Kier alpha value is -1.70. The largest absolute Gasteiger partial charge is 0.354 e. The quantitative estimate of drug-likeness (QED) is 0.694. The van der Waals surface area contributed by atoms with Gasteiger partial charge in [0, 0.05) is 17.6 Å². The van der Waals surface area contributed by atoms with Crippen LogP contribution >= 0.6 is 15.9 Å². The topological polar surface area (TPSA) is 66.5 Å². The van der Waals surface area contributed by atoms with E-state index >= 15 is 0 Å². The van der Waals surface area contributed by atoms with Gasteiger partial charge in [-0.25, -0.2) is 8.42 Å². The van der Waals surface area contributed by atoms with Crippen molar-refractivity contribution in [3.8, 4) is 0 Å². The maximum atomic E-state index is 13.1. The van der Waals surface area contributed by atoms with Crippen LogP contribution in [-0.4, -0.2) is 31.7 Å². The molecule has 1 N–H and O–H groups in total. The van der Waals surface area contributed by atoms with Gasteiger partial charge in [0.05, 0.1) is 11.4 Å². The smallest absolute Gasteiger partial charge is 0.243 e. The van der Waals surface area contributed by atoms with E-state index in [-0.39, 0.29) is 29.3 Å². The third-order valence-corrected chi connectivity index (χ3v) is 6.12. The van der Waals surface area contributed by atoms with E-state index in [1.54, 1.807) is 18.2 Å². The van der Waals surface area contributed by atoms with Crippen LogP contribution in [0.5, 0.6) is 0 Å². The van der Waals surface area contributed by atoms with Crippen molar-refractivity contribution in [2.45, 2.75) is 32.2 Å².